The maximum Gasteiger partial charge on any atom is 0.165 e. The van der Waals surface area contributed by atoms with E-state index >= 15 is 0 Å². The van der Waals surface area contributed by atoms with Crippen molar-refractivity contribution in [3.63, 3.8) is 0 Å². The normalized spacial score (nSPS) is 11.4. The number of fused-ring (bicyclic) bond motifs is 1. The molecule has 0 amide bonds. The van der Waals surface area contributed by atoms with E-state index in [1.165, 1.54) is 7.11 Å². The summed E-state index contributed by atoms with van der Waals surface area (Å²) < 4.78 is 8.46. The predicted molar refractivity (Wildman–Crippen MR) is 120 cm³/mol. The van der Waals surface area contributed by atoms with Gasteiger partial charge in [0, 0.05) is 28.0 Å². The topological polar surface area (TPSA) is 79.4 Å². The minimum atomic E-state index is 0.0500. The van der Waals surface area contributed by atoms with Gasteiger partial charge >= 0.3 is 0 Å². The molecule has 0 saturated heterocycles. The van der Waals surface area contributed by atoms with Crippen LogP contribution >= 0.6 is 31.9 Å². The van der Waals surface area contributed by atoms with Crippen molar-refractivity contribution in [3.8, 4) is 28.5 Å². The standard InChI is InChI=1S/C21H15Br2N3O3/c1-29-17-9-12(5-6-16(17)27)19-21(26-7-3-2-4-18(26)25-19)24-11-13-8-14(22)10-15(23)20(13)28/h2-11,27-28H,1H3. The second kappa shape index (κ2) is 7.88. The smallest absolute Gasteiger partial charge is 0.165 e. The van der Waals surface area contributed by atoms with E-state index in [1.807, 2.05) is 28.8 Å². The quantitative estimate of drug-likeness (QED) is 0.341. The van der Waals surface area contributed by atoms with E-state index < -0.39 is 0 Å². The first kappa shape index (κ1) is 19.5. The molecular weight excluding hydrogens is 502 g/mol. The van der Waals surface area contributed by atoms with Gasteiger partial charge in [-0.1, -0.05) is 22.0 Å². The van der Waals surface area contributed by atoms with Crippen LogP contribution in [-0.4, -0.2) is 32.9 Å². The first-order valence-electron chi connectivity index (χ1n) is 8.54. The van der Waals surface area contributed by atoms with Crippen LogP contribution in [-0.2, 0) is 0 Å². The molecule has 4 rings (SSSR count). The number of halogens is 2. The summed E-state index contributed by atoms with van der Waals surface area (Å²) in [6.45, 7) is 0. The lowest BCUT2D eigenvalue weighted by Crippen LogP contribution is -1.88. The average molecular weight is 517 g/mol. The lowest BCUT2D eigenvalue weighted by atomic mass is 10.1. The highest BCUT2D eigenvalue weighted by Gasteiger charge is 2.15. The molecule has 0 fully saturated rings. The van der Waals surface area contributed by atoms with E-state index in [0.717, 1.165) is 15.7 Å². The van der Waals surface area contributed by atoms with E-state index in [-0.39, 0.29) is 11.5 Å². The van der Waals surface area contributed by atoms with Crippen LogP contribution in [0.2, 0.25) is 0 Å². The summed E-state index contributed by atoms with van der Waals surface area (Å²) in [6.07, 6.45) is 3.45. The molecule has 0 bridgehead atoms. The van der Waals surface area contributed by atoms with E-state index in [9.17, 15) is 10.2 Å². The Hall–Kier alpha value is -2.84. The zero-order valence-corrected chi connectivity index (χ0v) is 18.3. The van der Waals surface area contributed by atoms with Gasteiger partial charge in [0.25, 0.3) is 0 Å². The summed E-state index contributed by atoms with van der Waals surface area (Å²) in [5.74, 6) is 1.08. The molecule has 0 atom stereocenters. The summed E-state index contributed by atoms with van der Waals surface area (Å²) in [7, 11) is 1.50. The highest BCUT2D eigenvalue weighted by Crippen LogP contribution is 2.37. The van der Waals surface area contributed by atoms with Crippen molar-refractivity contribution in [2.24, 2.45) is 4.99 Å². The maximum atomic E-state index is 10.3. The number of nitrogens with zero attached hydrogens (tertiary/aromatic N) is 3. The zero-order valence-electron chi connectivity index (χ0n) is 15.2. The molecule has 8 heteroatoms. The Morgan fingerprint density at radius 2 is 1.93 bits per heavy atom. The number of rotatable bonds is 4. The molecule has 2 N–H and O–H groups in total. The molecule has 2 aromatic carbocycles. The van der Waals surface area contributed by atoms with Gasteiger partial charge in [-0.3, -0.25) is 4.40 Å². The van der Waals surface area contributed by atoms with Crippen molar-refractivity contribution in [1.29, 1.82) is 0 Å². The molecule has 146 valence electrons. The molecule has 4 aromatic rings. The number of hydrogen-bond acceptors (Lipinski definition) is 5. The Morgan fingerprint density at radius 1 is 1.10 bits per heavy atom. The molecule has 0 aliphatic heterocycles. The molecule has 0 radical (unpaired) electrons. The van der Waals surface area contributed by atoms with Crippen LogP contribution in [0, 0.1) is 0 Å². The van der Waals surface area contributed by atoms with Crippen molar-refractivity contribution in [2.45, 2.75) is 0 Å². The third kappa shape index (κ3) is 3.73. The number of aromatic hydroxyl groups is 2. The maximum absolute atomic E-state index is 10.3. The van der Waals surface area contributed by atoms with Crippen LogP contribution in [0.4, 0.5) is 5.82 Å². The summed E-state index contributed by atoms with van der Waals surface area (Å²) in [5.41, 5.74) is 2.64. The van der Waals surface area contributed by atoms with Crippen LogP contribution in [0.5, 0.6) is 17.2 Å². The number of imidazole rings is 1. The molecule has 0 spiro atoms. The van der Waals surface area contributed by atoms with Gasteiger partial charge in [0.1, 0.15) is 17.1 Å². The molecule has 2 aromatic heterocycles. The highest BCUT2D eigenvalue weighted by molar-refractivity contribution is 9.11. The van der Waals surface area contributed by atoms with Crippen LogP contribution in [0.3, 0.4) is 0 Å². The molecule has 0 aliphatic carbocycles. The van der Waals surface area contributed by atoms with Crippen molar-refractivity contribution < 1.29 is 14.9 Å². The molecule has 0 unspecified atom stereocenters. The number of methoxy groups -OCH3 is 1. The molecular formula is C21H15Br2N3O3. The number of phenolic OH excluding ortho intramolecular Hbond substituents is 2. The van der Waals surface area contributed by atoms with E-state index in [2.05, 4.69) is 41.8 Å². The Labute approximate surface area is 183 Å². The fraction of sp³-hybridized carbons (Fsp3) is 0.0476. The second-order valence-electron chi connectivity index (χ2n) is 6.18. The van der Waals surface area contributed by atoms with Gasteiger partial charge in [0.15, 0.2) is 17.3 Å². The van der Waals surface area contributed by atoms with Gasteiger partial charge in [-0.15, -0.1) is 0 Å². The van der Waals surface area contributed by atoms with Crippen molar-refractivity contribution in [3.05, 3.63) is 69.2 Å². The number of pyridine rings is 1. The number of phenols is 2. The van der Waals surface area contributed by atoms with E-state index in [1.54, 1.807) is 36.5 Å². The number of ether oxygens (including phenoxy) is 1. The molecule has 6 nitrogen and oxygen atoms in total. The Morgan fingerprint density at radius 3 is 2.72 bits per heavy atom. The fourth-order valence-electron chi connectivity index (χ4n) is 2.94. The van der Waals surface area contributed by atoms with Crippen molar-refractivity contribution in [2.75, 3.05) is 7.11 Å². The van der Waals surface area contributed by atoms with Crippen molar-refractivity contribution in [1.82, 2.24) is 9.38 Å². The Bertz CT molecular complexity index is 1250. The van der Waals surface area contributed by atoms with Crippen LogP contribution in [0.15, 0.2) is 68.7 Å². The minimum absolute atomic E-state index is 0.0500. The first-order valence-corrected chi connectivity index (χ1v) is 10.1. The molecule has 0 saturated carbocycles. The first-order chi connectivity index (χ1) is 14.0. The van der Waals surface area contributed by atoms with Crippen molar-refractivity contribution >= 4 is 49.5 Å². The number of hydrogen-bond donors (Lipinski definition) is 2. The van der Waals surface area contributed by atoms with Gasteiger partial charge in [0.2, 0.25) is 0 Å². The van der Waals surface area contributed by atoms with Gasteiger partial charge in [-0.05, 0) is 58.4 Å². The second-order valence-corrected chi connectivity index (χ2v) is 7.95. The monoisotopic (exact) mass is 515 g/mol. The zero-order chi connectivity index (χ0) is 20.5. The van der Waals surface area contributed by atoms with Crippen LogP contribution in [0.25, 0.3) is 16.9 Å². The third-order valence-electron chi connectivity index (χ3n) is 4.34. The summed E-state index contributed by atoms with van der Waals surface area (Å²) in [5, 5.41) is 20.2. The van der Waals surface area contributed by atoms with Crippen LogP contribution in [0.1, 0.15) is 5.56 Å². The lowest BCUT2D eigenvalue weighted by molar-refractivity contribution is 0.373. The molecule has 2 heterocycles. The highest BCUT2D eigenvalue weighted by atomic mass is 79.9. The lowest BCUT2D eigenvalue weighted by Gasteiger charge is -2.06. The van der Waals surface area contributed by atoms with Gasteiger partial charge in [-0.2, -0.15) is 0 Å². The Balaban J connectivity index is 1.89. The average Bonchev–Trinajstić information content (AvgIpc) is 3.08. The number of aromatic nitrogens is 2. The predicted octanol–water partition coefficient (Wildman–Crippen LogP) is 5.70. The van der Waals surface area contributed by atoms with Gasteiger partial charge in [0.05, 0.1) is 11.6 Å². The SMILES string of the molecule is COc1cc(-c2nc3ccccn3c2N=Cc2cc(Br)cc(Br)c2O)ccc1O. The van der Waals surface area contributed by atoms with Gasteiger partial charge in [-0.25, -0.2) is 9.98 Å². The summed E-state index contributed by atoms with van der Waals surface area (Å²) >= 11 is 6.75. The molecule has 0 aliphatic rings. The van der Waals surface area contributed by atoms with E-state index in [0.29, 0.717) is 27.3 Å². The third-order valence-corrected chi connectivity index (χ3v) is 5.40. The number of aliphatic imine (C=N–C) groups is 1. The minimum Gasteiger partial charge on any atom is -0.506 e. The Kier molecular flexibility index (Phi) is 5.29. The van der Waals surface area contributed by atoms with Gasteiger partial charge < -0.3 is 14.9 Å². The van der Waals surface area contributed by atoms with E-state index in [4.69, 9.17) is 4.74 Å². The fourth-order valence-corrected chi connectivity index (χ4v) is 4.20. The van der Waals surface area contributed by atoms with Crippen LogP contribution < -0.4 is 4.74 Å². The largest absolute Gasteiger partial charge is 0.506 e. The number of benzene rings is 2. The molecule has 29 heavy (non-hydrogen) atoms. The summed E-state index contributed by atoms with van der Waals surface area (Å²) in [4.78, 5) is 9.32. The summed E-state index contributed by atoms with van der Waals surface area (Å²) in [6, 6.07) is 14.2.